The molecule has 0 aromatic heterocycles. The number of benzene rings is 1. The summed E-state index contributed by atoms with van der Waals surface area (Å²) in [7, 11) is -3.29. The van der Waals surface area contributed by atoms with Gasteiger partial charge in [-0.1, -0.05) is 44.2 Å². The van der Waals surface area contributed by atoms with Crippen LogP contribution in [-0.2, 0) is 10.0 Å². The molecule has 1 aromatic carbocycles. The first kappa shape index (κ1) is 14.3. The normalized spacial score (nSPS) is 25.8. The molecule has 1 saturated heterocycles. The summed E-state index contributed by atoms with van der Waals surface area (Å²) in [5.41, 5.74) is 0.907. The third-order valence-corrected chi connectivity index (χ3v) is 4.93. The Morgan fingerprint density at radius 2 is 1.68 bits per heavy atom. The Morgan fingerprint density at radius 3 is 2.26 bits per heavy atom. The number of sulfonamides is 1. The van der Waals surface area contributed by atoms with Crippen LogP contribution in [0.15, 0.2) is 35.7 Å². The second-order valence-corrected chi connectivity index (χ2v) is 7.34. The predicted molar refractivity (Wildman–Crippen MR) is 78.9 cm³/mol. The predicted octanol–water partition coefficient (Wildman–Crippen LogP) is 2.97. The highest BCUT2D eigenvalue weighted by Crippen LogP contribution is 2.24. The van der Waals surface area contributed by atoms with Crippen molar-refractivity contribution < 1.29 is 8.42 Å². The van der Waals surface area contributed by atoms with Crippen LogP contribution in [0.3, 0.4) is 0 Å². The number of rotatable bonds is 3. The molecule has 0 bridgehead atoms. The molecule has 19 heavy (non-hydrogen) atoms. The van der Waals surface area contributed by atoms with Gasteiger partial charge in [0.05, 0.1) is 0 Å². The van der Waals surface area contributed by atoms with Crippen molar-refractivity contribution in [2.45, 2.75) is 20.3 Å². The molecule has 2 atom stereocenters. The summed E-state index contributed by atoms with van der Waals surface area (Å²) in [5, 5.41) is 1.33. The van der Waals surface area contributed by atoms with E-state index in [4.69, 9.17) is 0 Å². The second kappa shape index (κ2) is 5.88. The Bertz CT molecular complexity index is 527. The fourth-order valence-electron chi connectivity index (χ4n) is 2.63. The van der Waals surface area contributed by atoms with E-state index in [-0.39, 0.29) is 0 Å². The molecule has 3 nitrogen and oxygen atoms in total. The van der Waals surface area contributed by atoms with Gasteiger partial charge in [-0.05, 0) is 29.9 Å². The lowest BCUT2D eigenvalue weighted by Crippen LogP contribution is -2.41. The average molecular weight is 279 g/mol. The zero-order chi connectivity index (χ0) is 13.9. The van der Waals surface area contributed by atoms with Crippen molar-refractivity contribution in [3.63, 3.8) is 0 Å². The molecule has 0 radical (unpaired) electrons. The lowest BCUT2D eigenvalue weighted by molar-refractivity contribution is 0.224. The van der Waals surface area contributed by atoms with Crippen LogP contribution in [0.2, 0.25) is 0 Å². The lowest BCUT2D eigenvalue weighted by atomic mass is 9.94. The first-order valence-electron chi connectivity index (χ1n) is 6.70. The standard InChI is InChI=1S/C15H21NO2S/c1-13-10-14(2)12-16(11-13)19(17,18)9-8-15-6-4-3-5-7-15/h3-9,13-14H,10-12H2,1-2H3/b9-8+. The highest BCUT2D eigenvalue weighted by molar-refractivity contribution is 7.92. The summed E-state index contributed by atoms with van der Waals surface area (Å²) in [6, 6.07) is 9.51. The van der Waals surface area contributed by atoms with Crippen LogP contribution in [0, 0.1) is 11.8 Å². The molecule has 1 aliphatic rings. The van der Waals surface area contributed by atoms with Crippen molar-refractivity contribution in [2.75, 3.05) is 13.1 Å². The van der Waals surface area contributed by atoms with Crippen molar-refractivity contribution in [3.8, 4) is 0 Å². The molecule has 0 spiro atoms. The summed E-state index contributed by atoms with van der Waals surface area (Å²) in [6.45, 7) is 5.48. The molecular formula is C15H21NO2S. The van der Waals surface area contributed by atoms with Crippen molar-refractivity contribution in [3.05, 3.63) is 41.3 Å². The largest absolute Gasteiger partial charge is 0.236 e. The Kier molecular flexibility index (Phi) is 4.42. The van der Waals surface area contributed by atoms with E-state index in [9.17, 15) is 8.42 Å². The zero-order valence-corrected chi connectivity index (χ0v) is 12.3. The first-order valence-corrected chi connectivity index (χ1v) is 8.21. The Labute approximate surface area is 116 Å². The van der Waals surface area contributed by atoms with Gasteiger partial charge in [-0.2, -0.15) is 4.31 Å². The minimum absolute atomic E-state index is 0.434. The maximum atomic E-state index is 12.3. The van der Waals surface area contributed by atoms with Gasteiger partial charge in [0, 0.05) is 18.5 Å². The maximum absolute atomic E-state index is 12.3. The van der Waals surface area contributed by atoms with Crippen LogP contribution >= 0.6 is 0 Å². The summed E-state index contributed by atoms with van der Waals surface area (Å²) in [5.74, 6) is 0.868. The molecule has 0 aliphatic carbocycles. The fourth-order valence-corrected chi connectivity index (χ4v) is 4.05. The van der Waals surface area contributed by atoms with Crippen molar-refractivity contribution >= 4 is 16.1 Å². The molecular weight excluding hydrogens is 258 g/mol. The van der Waals surface area contributed by atoms with Gasteiger partial charge < -0.3 is 0 Å². The monoisotopic (exact) mass is 279 g/mol. The maximum Gasteiger partial charge on any atom is 0.236 e. The highest BCUT2D eigenvalue weighted by atomic mass is 32.2. The molecule has 0 saturated carbocycles. The average Bonchev–Trinajstić information content (AvgIpc) is 2.37. The molecule has 2 unspecified atom stereocenters. The Hall–Kier alpha value is -1.13. The van der Waals surface area contributed by atoms with Gasteiger partial charge >= 0.3 is 0 Å². The van der Waals surface area contributed by atoms with Crippen LogP contribution in [0.25, 0.3) is 6.08 Å². The van der Waals surface area contributed by atoms with Gasteiger partial charge in [-0.25, -0.2) is 8.42 Å². The SMILES string of the molecule is CC1CC(C)CN(S(=O)(=O)/C=C/c2ccccc2)C1. The zero-order valence-electron chi connectivity index (χ0n) is 11.5. The van der Waals surface area contributed by atoms with E-state index in [0.717, 1.165) is 12.0 Å². The molecule has 1 aromatic rings. The summed E-state index contributed by atoms with van der Waals surface area (Å²) in [4.78, 5) is 0. The lowest BCUT2D eigenvalue weighted by Gasteiger charge is -2.33. The van der Waals surface area contributed by atoms with Crippen LogP contribution in [-0.4, -0.2) is 25.8 Å². The molecule has 1 aliphatic heterocycles. The topological polar surface area (TPSA) is 37.4 Å². The minimum Gasteiger partial charge on any atom is -0.208 e. The first-order chi connectivity index (χ1) is 8.97. The second-order valence-electron chi connectivity index (χ2n) is 5.52. The third-order valence-electron chi connectivity index (χ3n) is 3.43. The van der Waals surface area contributed by atoms with Crippen LogP contribution < -0.4 is 0 Å². The Morgan fingerprint density at radius 1 is 1.11 bits per heavy atom. The van der Waals surface area contributed by atoms with Gasteiger partial charge in [0.25, 0.3) is 0 Å². The van der Waals surface area contributed by atoms with E-state index in [0.29, 0.717) is 24.9 Å². The number of nitrogens with zero attached hydrogens (tertiary/aromatic N) is 1. The molecule has 2 rings (SSSR count). The van der Waals surface area contributed by atoms with E-state index in [1.54, 1.807) is 10.4 Å². The number of hydrogen-bond acceptors (Lipinski definition) is 2. The minimum atomic E-state index is -3.29. The highest BCUT2D eigenvalue weighted by Gasteiger charge is 2.28. The smallest absolute Gasteiger partial charge is 0.208 e. The summed E-state index contributed by atoms with van der Waals surface area (Å²) >= 11 is 0. The van der Waals surface area contributed by atoms with Gasteiger partial charge in [0.2, 0.25) is 10.0 Å². The van der Waals surface area contributed by atoms with Crippen molar-refractivity contribution in [1.29, 1.82) is 0 Å². The quantitative estimate of drug-likeness (QED) is 0.853. The van der Waals surface area contributed by atoms with E-state index in [1.807, 2.05) is 30.3 Å². The van der Waals surface area contributed by atoms with Gasteiger partial charge in [0.1, 0.15) is 0 Å². The Balaban J connectivity index is 2.12. The van der Waals surface area contributed by atoms with Crippen LogP contribution in [0.5, 0.6) is 0 Å². The van der Waals surface area contributed by atoms with E-state index in [1.165, 1.54) is 5.41 Å². The summed E-state index contributed by atoms with van der Waals surface area (Å²) in [6.07, 6.45) is 2.77. The van der Waals surface area contributed by atoms with Crippen molar-refractivity contribution in [1.82, 2.24) is 4.31 Å². The van der Waals surface area contributed by atoms with Gasteiger partial charge in [-0.15, -0.1) is 0 Å². The third kappa shape index (κ3) is 3.91. The van der Waals surface area contributed by atoms with Crippen molar-refractivity contribution in [2.24, 2.45) is 11.8 Å². The van der Waals surface area contributed by atoms with E-state index >= 15 is 0 Å². The fraction of sp³-hybridized carbons (Fsp3) is 0.467. The summed E-state index contributed by atoms with van der Waals surface area (Å²) < 4.78 is 26.2. The van der Waals surface area contributed by atoms with Crippen LogP contribution in [0.1, 0.15) is 25.8 Å². The molecule has 1 heterocycles. The van der Waals surface area contributed by atoms with E-state index < -0.39 is 10.0 Å². The molecule has 104 valence electrons. The molecule has 4 heteroatoms. The number of hydrogen-bond donors (Lipinski definition) is 0. The molecule has 0 amide bonds. The van der Waals surface area contributed by atoms with Crippen LogP contribution in [0.4, 0.5) is 0 Å². The van der Waals surface area contributed by atoms with Gasteiger partial charge in [0.15, 0.2) is 0 Å². The molecule has 1 fully saturated rings. The number of piperidine rings is 1. The van der Waals surface area contributed by atoms with E-state index in [2.05, 4.69) is 13.8 Å². The van der Waals surface area contributed by atoms with Gasteiger partial charge in [-0.3, -0.25) is 0 Å². The molecule has 0 N–H and O–H groups in total.